The Morgan fingerprint density at radius 3 is 2.81 bits per heavy atom. The molecule has 0 aliphatic heterocycles. The van der Waals surface area contributed by atoms with Crippen LogP contribution in [-0.4, -0.2) is 15.5 Å². The van der Waals surface area contributed by atoms with Crippen molar-refractivity contribution in [2.24, 2.45) is 0 Å². The van der Waals surface area contributed by atoms with Crippen LogP contribution in [0.2, 0.25) is 0 Å². The standard InChI is InChI=1S/C20H16FN3OS/c1-13-3-2-9-22-19(13)23-20(25)17-11-18-16(8-10-26-18)24(17)12-14-4-6-15(21)7-5-14/h2-11H,12H2,1H3,(H,22,23,25). The lowest BCUT2D eigenvalue weighted by Crippen LogP contribution is -2.18. The van der Waals surface area contributed by atoms with Gasteiger partial charge in [0.25, 0.3) is 5.91 Å². The third-order valence-corrected chi connectivity index (χ3v) is 5.10. The second kappa shape index (κ2) is 6.72. The minimum Gasteiger partial charge on any atom is -0.331 e. The molecule has 4 rings (SSSR count). The molecule has 1 amide bonds. The highest BCUT2D eigenvalue weighted by Crippen LogP contribution is 2.27. The molecule has 0 aliphatic carbocycles. The van der Waals surface area contributed by atoms with Crippen molar-refractivity contribution in [2.75, 3.05) is 5.32 Å². The van der Waals surface area contributed by atoms with E-state index in [0.717, 1.165) is 21.3 Å². The van der Waals surface area contributed by atoms with Crippen molar-refractivity contribution >= 4 is 33.3 Å². The van der Waals surface area contributed by atoms with E-state index in [1.54, 1.807) is 29.7 Å². The molecule has 0 aliphatic rings. The number of aryl methyl sites for hydroxylation is 1. The number of amides is 1. The monoisotopic (exact) mass is 365 g/mol. The van der Waals surface area contributed by atoms with Crippen molar-refractivity contribution in [3.8, 4) is 0 Å². The van der Waals surface area contributed by atoms with Crippen LogP contribution in [0, 0.1) is 12.7 Å². The zero-order chi connectivity index (χ0) is 18.1. The maximum atomic E-state index is 13.2. The minimum absolute atomic E-state index is 0.211. The van der Waals surface area contributed by atoms with Crippen LogP contribution in [0.3, 0.4) is 0 Å². The van der Waals surface area contributed by atoms with E-state index in [0.29, 0.717) is 18.1 Å². The molecule has 26 heavy (non-hydrogen) atoms. The second-order valence-corrected chi connectivity index (χ2v) is 6.98. The molecule has 0 atom stereocenters. The lowest BCUT2D eigenvalue weighted by Gasteiger charge is -2.11. The molecule has 0 bridgehead atoms. The van der Waals surface area contributed by atoms with Crippen LogP contribution < -0.4 is 5.32 Å². The molecule has 4 nitrogen and oxygen atoms in total. The summed E-state index contributed by atoms with van der Waals surface area (Å²) >= 11 is 1.59. The van der Waals surface area contributed by atoms with Crippen LogP contribution >= 0.6 is 11.3 Å². The molecule has 0 fully saturated rings. The summed E-state index contributed by atoms with van der Waals surface area (Å²) in [7, 11) is 0. The van der Waals surface area contributed by atoms with E-state index in [-0.39, 0.29) is 11.7 Å². The number of anilines is 1. The number of rotatable bonds is 4. The first kappa shape index (κ1) is 16.5. The van der Waals surface area contributed by atoms with Gasteiger partial charge >= 0.3 is 0 Å². The number of nitrogens with one attached hydrogen (secondary N) is 1. The fraction of sp³-hybridized carbons (Fsp3) is 0.100. The third kappa shape index (κ3) is 3.11. The number of carbonyl (C=O) groups excluding carboxylic acids is 1. The molecular weight excluding hydrogens is 349 g/mol. The Kier molecular flexibility index (Phi) is 4.26. The third-order valence-electron chi connectivity index (χ3n) is 4.25. The normalized spacial score (nSPS) is 11.0. The molecule has 1 aromatic carbocycles. The number of nitrogens with zero attached hydrogens (tertiary/aromatic N) is 2. The van der Waals surface area contributed by atoms with Crippen LogP contribution in [0.5, 0.6) is 0 Å². The fourth-order valence-corrected chi connectivity index (χ4v) is 3.72. The van der Waals surface area contributed by atoms with Crippen molar-refractivity contribution in [2.45, 2.75) is 13.5 Å². The smallest absolute Gasteiger partial charge is 0.273 e. The summed E-state index contributed by atoms with van der Waals surface area (Å²) in [5.41, 5.74) is 3.38. The highest BCUT2D eigenvalue weighted by molar-refractivity contribution is 7.17. The molecular formula is C20H16FN3OS. The summed E-state index contributed by atoms with van der Waals surface area (Å²) in [5, 5.41) is 4.88. The predicted octanol–water partition coefficient (Wildman–Crippen LogP) is 4.85. The summed E-state index contributed by atoms with van der Waals surface area (Å²) in [6, 6.07) is 13.9. The second-order valence-electron chi connectivity index (χ2n) is 6.04. The average molecular weight is 365 g/mol. The van der Waals surface area contributed by atoms with E-state index >= 15 is 0 Å². The molecule has 4 aromatic rings. The average Bonchev–Trinajstić information content (AvgIpc) is 3.21. The van der Waals surface area contributed by atoms with E-state index in [9.17, 15) is 9.18 Å². The predicted molar refractivity (Wildman–Crippen MR) is 102 cm³/mol. The summed E-state index contributed by atoms with van der Waals surface area (Å²) < 4.78 is 16.2. The Morgan fingerprint density at radius 2 is 2.04 bits per heavy atom. The first-order valence-corrected chi connectivity index (χ1v) is 9.04. The number of aromatic nitrogens is 2. The molecule has 6 heteroatoms. The Morgan fingerprint density at radius 1 is 1.23 bits per heavy atom. The minimum atomic E-state index is -0.273. The van der Waals surface area contributed by atoms with Crippen LogP contribution in [-0.2, 0) is 6.54 Å². The Labute approximate surface area is 153 Å². The van der Waals surface area contributed by atoms with Crippen molar-refractivity contribution in [1.82, 2.24) is 9.55 Å². The molecule has 0 radical (unpaired) electrons. The SMILES string of the molecule is Cc1cccnc1NC(=O)c1cc2sccc2n1Cc1ccc(F)cc1. The van der Waals surface area contributed by atoms with Crippen LogP contribution in [0.4, 0.5) is 10.2 Å². The number of carbonyl (C=O) groups is 1. The van der Waals surface area contributed by atoms with E-state index in [1.807, 2.05) is 41.1 Å². The van der Waals surface area contributed by atoms with Crippen LogP contribution in [0.15, 0.2) is 60.1 Å². The number of halogens is 1. The van der Waals surface area contributed by atoms with Crippen molar-refractivity contribution < 1.29 is 9.18 Å². The number of hydrogen-bond acceptors (Lipinski definition) is 3. The van der Waals surface area contributed by atoms with E-state index in [2.05, 4.69) is 10.3 Å². The zero-order valence-corrected chi connectivity index (χ0v) is 14.9. The lowest BCUT2D eigenvalue weighted by atomic mass is 10.2. The molecule has 3 aromatic heterocycles. The van der Waals surface area contributed by atoms with Gasteiger partial charge in [-0.2, -0.15) is 0 Å². The van der Waals surface area contributed by atoms with Crippen molar-refractivity contribution in [3.63, 3.8) is 0 Å². The fourth-order valence-electron chi connectivity index (χ4n) is 2.90. The molecule has 3 heterocycles. The van der Waals surface area contributed by atoms with Crippen LogP contribution in [0.25, 0.3) is 10.2 Å². The highest BCUT2D eigenvalue weighted by Gasteiger charge is 2.18. The van der Waals surface area contributed by atoms with Gasteiger partial charge in [0.1, 0.15) is 17.3 Å². The van der Waals surface area contributed by atoms with Gasteiger partial charge in [0.05, 0.1) is 10.2 Å². The quantitative estimate of drug-likeness (QED) is 0.562. The van der Waals surface area contributed by atoms with Gasteiger partial charge < -0.3 is 9.88 Å². The molecule has 0 unspecified atom stereocenters. The summed E-state index contributed by atoms with van der Waals surface area (Å²) in [6.45, 7) is 2.39. The molecule has 0 spiro atoms. The van der Waals surface area contributed by atoms with E-state index < -0.39 is 0 Å². The summed E-state index contributed by atoms with van der Waals surface area (Å²) in [6.07, 6.45) is 1.65. The highest BCUT2D eigenvalue weighted by atomic mass is 32.1. The lowest BCUT2D eigenvalue weighted by molar-refractivity contribution is 0.101. The van der Waals surface area contributed by atoms with Gasteiger partial charge in [-0.25, -0.2) is 9.37 Å². The number of thiophene rings is 1. The maximum Gasteiger partial charge on any atom is 0.273 e. The number of hydrogen-bond donors (Lipinski definition) is 1. The van der Waals surface area contributed by atoms with Crippen molar-refractivity contribution in [3.05, 3.63) is 82.7 Å². The Balaban J connectivity index is 1.70. The largest absolute Gasteiger partial charge is 0.331 e. The van der Waals surface area contributed by atoms with Gasteiger partial charge in [0, 0.05) is 12.7 Å². The molecule has 1 N–H and O–H groups in total. The summed E-state index contributed by atoms with van der Waals surface area (Å²) in [5.74, 6) is 0.0678. The van der Waals surface area contributed by atoms with Gasteiger partial charge in [0.2, 0.25) is 0 Å². The topological polar surface area (TPSA) is 46.9 Å². The number of fused-ring (bicyclic) bond motifs is 1. The van der Waals surface area contributed by atoms with Gasteiger partial charge in [-0.05, 0) is 53.8 Å². The van der Waals surface area contributed by atoms with Gasteiger partial charge in [-0.3, -0.25) is 4.79 Å². The van der Waals surface area contributed by atoms with E-state index in [1.165, 1.54) is 12.1 Å². The Bertz CT molecular complexity index is 1080. The zero-order valence-electron chi connectivity index (χ0n) is 14.1. The van der Waals surface area contributed by atoms with Crippen molar-refractivity contribution in [1.29, 1.82) is 0 Å². The molecule has 0 saturated heterocycles. The first-order valence-electron chi connectivity index (χ1n) is 8.16. The number of pyridine rings is 1. The van der Waals surface area contributed by atoms with E-state index in [4.69, 9.17) is 0 Å². The van der Waals surface area contributed by atoms with Gasteiger partial charge in [0.15, 0.2) is 0 Å². The Hall–Kier alpha value is -2.99. The maximum absolute atomic E-state index is 13.2. The van der Waals surface area contributed by atoms with Gasteiger partial charge in [-0.15, -0.1) is 11.3 Å². The number of benzene rings is 1. The first-order chi connectivity index (χ1) is 12.6. The molecule has 0 saturated carbocycles. The van der Waals surface area contributed by atoms with Gasteiger partial charge in [-0.1, -0.05) is 18.2 Å². The molecule has 130 valence electrons. The summed E-state index contributed by atoms with van der Waals surface area (Å²) in [4.78, 5) is 17.1. The van der Waals surface area contributed by atoms with Crippen LogP contribution in [0.1, 0.15) is 21.6 Å².